The number of fused-ring (bicyclic) bond motifs is 1. The van der Waals surface area contributed by atoms with Gasteiger partial charge in [0.15, 0.2) is 5.13 Å². The van der Waals surface area contributed by atoms with Gasteiger partial charge in [0.2, 0.25) is 5.91 Å². The van der Waals surface area contributed by atoms with E-state index in [0.29, 0.717) is 30.2 Å². The van der Waals surface area contributed by atoms with E-state index in [9.17, 15) is 9.18 Å². The van der Waals surface area contributed by atoms with E-state index in [-0.39, 0.29) is 23.7 Å². The third-order valence-electron chi connectivity index (χ3n) is 6.08. The first-order valence-corrected chi connectivity index (χ1v) is 12.1. The van der Waals surface area contributed by atoms with E-state index < -0.39 is 0 Å². The second-order valence-electron chi connectivity index (χ2n) is 8.30. The molecule has 2 heterocycles. The Kier molecular flexibility index (Phi) is 6.46. The molecule has 0 N–H and O–H groups in total. The summed E-state index contributed by atoms with van der Waals surface area (Å²) in [7, 11) is 0. The van der Waals surface area contributed by atoms with Gasteiger partial charge >= 0.3 is 0 Å². The van der Waals surface area contributed by atoms with Crippen LogP contribution in [-0.4, -0.2) is 30.1 Å². The minimum atomic E-state index is -0.369. The number of carbonyl (C=O) groups excluding carboxylic acids is 1. The molecule has 1 aromatic heterocycles. The highest BCUT2D eigenvalue weighted by Gasteiger charge is 2.29. The number of anilines is 1. The lowest BCUT2D eigenvalue weighted by molar-refractivity contribution is -0.119. The fourth-order valence-corrected chi connectivity index (χ4v) is 5.39. The van der Waals surface area contributed by atoms with Gasteiger partial charge in [0.05, 0.1) is 17.3 Å². The summed E-state index contributed by atoms with van der Waals surface area (Å²) < 4.78 is 20.9. The van der Waals surface area contributed by atoms with Crippen LogP contribution in [0.5, 0.6) is 0 Å². The van der Waals surface area contributed by atoms with Crippen LogP contribution in [0.1, 0.15) is 36.3 Å². The Morgan fingerprint density at radius 3 is 2.33 bits per heavy atom. The second kappa shape index (κ2) is 9.81. The van der Waals surface area contributed by atoms with Gasteiger partial charge in [0.25, 0.3) is 0 Å². The van der Waals surface area contributed by atoms with Gasteiger partial charge in [0, 0.05) is 18.9 Å². The van der Waals surface area contributed by atoms with Crippen LogP contribution in [0, 0.1) is 5.82 Å². The zero-order valence-electron chi connectivity index (χ0n) is 18.2. The van der Waals surface area contributed by atoms with Crippen LogP contribution in [0.15, 0.2) is 78.9 Å². The summed E-state index contributed by atoms with van der Waals surface area (Å²) >= 11 is 1.35. The van der Waals surface area contributed by atoms with E-state index in [1.165, 1.54) is 17.4 Å². The maximum Gasteiger partial charge on any atom is 0.229 e. The molecule has 0 spiro atoms. The first-order chi connectivity index (χ1) is 16.2. The molecule has 1 saturated heterocycles. The highest BCUT2D eigenvalue weighted by molar-refractivity contribution is 7.22. The standard InChI is InChI=1S/C27H25FN2O2S/c28-23-14-7-15-24-26(23)29-27(33-24)30(18-21-13-8-16-32-21)25(31)17-22(19-9-3-1-4-10-19)20-11-5-2-6-12-20/h1-7,9-12,14-15,21-22H,8,13,16-18H2/t21-/m1/s1. The molecule has 1 fully saturated rings. The molecular weight excluding hydrogens is 435 g/mol. The molecule has 3 aromatic carbocycles. The molecule has 0 bridgehead atoms. The number of hydrogen-bond acceptors (Lipinski definition) is 4. The number of ether oxygens (including phenoxy) is 1. The number of halogens is 1. The normalized spacial score (nSPS) is 15.9. The van der Waals surface area contributed by atoms with Crippen LogP contribution < -0.4 is 4.90 Å². The molecule has 1 amide bonds. The van der Waals surface area contributed by atoms with Crippen molar-refractivity contribution in [3.63, 3.8) is 0 Å². The fraction of sp³-hybridized carbons (Fsp3) is 0.259. The lowest BCUT2D eigenvalue weighted by atomic mass is 9.88. The minimum absolute atomic E-state index is 0.0299. The predicted molar refractivity (Wildman–Crippen MR) is 130 cm³/mol. The van der Waals surface area contributed by atoms with Gasteiger partial charge in [-0.2, -0.15) is 0 Å². The molecule has 1 atom stereocenters. The van der Waals surface area contributed by atoms with Crippen LogP contribution in [-0.2, 0) is 9.53 Å². The number of rotatable bonds is 7. The molecule has 0 saturated carbocycles. The number of carbonyl (C=O) groups is 1. The van der Waals surface area contributed by atoms with Crippen molar-refractivity contribution in [1.82, 2.24) is 4.98 Å². The van der Waals surface area contributed by atoms with Crippen LogP contribution in [0.3, 0.4) is 0 Å². The van der Waals surface area contributed by atoms with Crippen molar-refractivity contribution >= 4 is 32.6 Å². The van der Waals surface area contributed by atoms with Crippen molar-refractivity contribution in [1.29, 1.82) is 0 Å². The van der Waals surface area contributed by atoms with Gasteiger partial charge in [0.1, 0.15) is 11.3 Å². The van der Waals surface area contributed by atoms with E-state index in [4.69, 9.17) is 4.74 Å². The minimum Gasteiger partial charge on any atom is -0.376 e. The molecule has 0 unspecified atom stereocenters. The summed E-state index contributed by atoms with van der Waals surface area (Å²) in [6, 6.07) is 25.1. The van der Waals surface area contributed by atoms with Crippen molar-refractivity contribution in [2.75, 3.05) is 18.1 Å². The highest BCUT2D eigenvalue weighted by Crippen LogP contribution is 2.34. The Hall–Kier alpha value is -3.09. The zero-order valence-corrected chi connectivity index (χ0v) is 19.0. The van der Waals surface area contributed by atoms with Crippen molar-refractivity contribution in [3.05, 3.63) is 95.8 Å². The van der Waals surface area contributed by atoms with E-state index in [2.05, 4.69) is 29.2 Å². The first-order valence-electron chi connectivity index (χ1n) is 11.3. The average molecular weight is 461 g/mol. The Morgan fingerprint density at radius 1 is 1.03 bits per heavy atom. The SMILES string of the molecule is O=C(CC(c1ccccc1)c1ccccc1)N(C[C@H]1CCCO1)c1nc2c(F)cccc2s1. The van der Waals surface area contributed by atoms with Crippen molar-refractivity contribution in [2.45, 2.75) is 31.3 Å². The Labute approximate surface area is 196 Å². The zero-order chi connectivity index (χ0) is 22.6. The Morgan fingerprint density at radius 2 is 1.73 bits per heavy atom. The summed E-state index contributed by atoms with van der Waals surface area (Å²) in [5.74, 6) is -0.494. The van der Waals surface area contributed by atoms with Gasteiger partial charge in [-0.3, -0.25) is 9.69 Å². The molecule has 0 aliphatic carbocycles. The number of thiazole rings is 1. The van der Waals surface area contributed by atoms with Gasteiger partial charge < -0.3 is 4.74 Å². The predicted octanol–water partition coefficient (Wildman–Crippen LogP) is 6.17. The van der Waals surface area contributed by atoms with Crippen LogP contribution in [0.4, 0.5) is 9.52 Å². The van der Waals surface area contributed by atoms with E-state index in [1.807, 2.05) is 42.5 Å². The maximum atomic E-state index is 14.3. The third kappa shape index (κ3) is 4.82. The molecule has 4 nitrogen and oxygen atoms in total. The summed E-state index contributed by atoms with van der Waals surface area (Å²) in [6.45, 7) is 1.13. The van der Waals surface area contributed by atoms with Crippen molar-refractivity contribution in [3.8, 4) is 0 Å². The molecule has 5 rings (SSSR count). The molecule has 0 radical (unpaired) electrons. The van der Waals surface area contributed by atoms with Gasteiger partial charge in [-0.25, -0.2) is 9.37 Å². The number of nitrogens with zero attached hydrogens (tertiary/aromatic N) is 2. The molecule has 1 aliphatic rings. The summed E-state index contributed by atoms with van der Waals surface area (Å²) in [5, 5.41) is 0.524. The van der Waals surface area contributed by atoms with Crippen LogP contribution in [0.25, 0.3) is 10.2 Å². The molecule has 6 heteroatoms. The largest absolute Gasteiger partial charge is 0.376 e. The third-order valence-corrected chi connectivity index (χ3v) is 7.13. The quantitative estimate of drug-likeness (QED) is 0.331. The first kappa shape index (κ1) is 21.7. The smallest absolute Gasteiger partial charge is 0.229 e. The molecular formula is C27H25FN2O2S. The van der Waals surface area contributed by atoms with Gasteiger partial charge in [-0.05, 0) is 36.1 Å². The highest BCUT2D eigenvalue weighted by atomic mass is 32.1. The number of hydrogen-bond donors (Lipinski definition) is 0. The Balaban J connectivity index is 1.49. The fourth-order valence-electron chi connectivity index (χ4n) is 4.38. The van der Waals surface area contributed by atoms with E-state index in [0.717, 1.165) is 28.7 Å². The van der Waals surface area contributed by atoms with E-state index in [1.54, 1.807) is 11.0 Å². The van der Waals surface area contributed by atoms with E-state index >= 15 is 0 Å². The molecule has 33 heavy (non-hydrogen) atoms. The maximum absolute atomic E-state index is 14.3. The molecule has 4 aromatic rings. The molecule has 168 valence electrons. The van der Waals surface area contributed by atoms with Gasteiger partial charge in [-0.1, -0.05) is 78.1 Å². The van der Waals surface area contributed by atoms with Crippen molar-refractivity contribution in [2.24, 2.45) is 0 Å². The average Bonchev–Trinajstić information content (AvgIpc) is 3.52. The summed E-state index contributed by atoms with van der Waals surface area (Å²) in [5.41, 5.74) is 2.49. The topological polar surface area (TPSA) is 42.4 Å². The monoisotopic (exact) mass is 460 g/mol. The number of amides is 1. The number of aromatic nitrogens is 1. The lowest BCUT2D eigenvalue weighted by Gasteiger charge is -2.26. The van der Waals surface area contributed by atoms with Gasteiger partial charge in [-0.15, -0.1) is 0 Å². The van der Waals surface area contributed by atoms with Crippen LogP contribution in [0.2, 0.25) is 0 Å². The van der Waals surface area contributed by atoms with Crippen LogP contribution >= 0.6 is 11.3 Å². The second-order valence-corrected chi connectivity index (χ2v) is 9.31. The number of benzene rings is 3. The lowest BCUT2D eigenvalue weighted by Crippen LogP contribution is -2.38. The van der Waals surface area contributed by atoms with Crippen molar-refractivity contribution < 1.29 is 13.9 Å². The summed E-state index contributed by atoms with van der Waals surface area (Å²) in [4.78, 5) is 20.0. The summed E-state index contributed by atoms with van der Waals surface area (Å²) in [6.07, 6.45) is 2.15. The Bertz CT molecular complexity index is 1180. The molecule has 1 aliphatic heterocycles. The number of para-hydroxylation sites is 1.